The molecule has 3 heterocycles. The van der Waals surface area contributed by atoms with E-state index in [1.807, 2.05) is 24.3 Å². The number of aromatic amines is 1. The number of aliphatic hydroxyl groups is 1. The molecular formula is C19H23Cl2N5O2. The Morgan fingerprint density at radius 3 is 3.00 bits per heavy atom. The lowest BCUT2D eigenvalue weighted by atomic mass is 9.96. The van der Waals surface area contributed by atoms with Gasteiger partial charge in [0, 0.05) is 55.4 Å². The van der Waals surface area contributed by atoms with E-state index in [-0.39, 0.29) is 11.9 Å². The van der Waals surface area contributed by atoms with Crippen LogP contribution in [0.5, 0.6) is 0 Å². The second kappa shape index (κ2) is 7.93. The maximum Gasteiger partial charge on any atom is 0.248 e. The topological polar surface area (TPSA) is 83.6 Å². The largest absolute Gasteiger partial charge is 0.387 e. The molecule has 150 valence electrons. The number of halogens is 2. The van der Waals surface area contributed by atoms with E-state index in [1.165, 1.54) is 0 Å². The van der Waals surface area contributed by atoms with Gasteiger partial charge >= 0.3 is 0 Å². The van der Waals surface area contributed by atoms with Crippen LogP contribution in [0.3, 0.4) is 0 Å². The Hall–Kier alpha value is -1.77. The molecule has 1 aromatic carbocycles. The van der Waals surface area contributed by atoms with Crippen LogP contribution in [0.4, 0.5) is 0 Å². The summed E-state index contributed by atoms with van der Waals surface area (Å²) in [6.45, 7) is 2.22. The first kappa shape index (κ1) is 19.5. The third kappa shape index (κ3) is 3.38. The fourth-order valence-corrected chi connectivity index (χ4v) is 4.34. The molecule has 9 heteroatoms. The van der Waals surface area contributed by atoms with Crippen molar-refractivity contribution in [3.05, 3.63) is 45.2 Å². The van der Waals surface area contributed by atoms with Gasteiger partial charge in [-0.25, -0.2) is 5.43 Å². The molecule has 0 saturated carbocycles. The van der Waals surface area contributed by atoms with E-state index in [0.29, 0.717) is 29.6 Å². The van der Waals surface area contributed by atoms with Crippen LogP contribution in [-0.2, 0) is 17.8 Å². The molecule has 2 aliphatic rings. The van der Waals surface area contributed by atoms with E-state index in [9.17, 15) is 9.90 Å². The van der Waals surface area contributed by atoms with Gasteiger partial charge in [-0.3, -0.25) is 4.79 Å². The van der Waals surface area contributed by atoms with Crippen LogP contribution in [0.1, 0.15) is 22.9 Å². The van der Waals surface area contributed by atoms with E-state index in [0.717, 1.165) is 40.8 Å². The van der Waals surface area contributed by atoms with Gasteiger partial charge in [0.15, 0.2) is 0 Å². The molecule has 0 radical (unpaired) electrons. The Bertz CT molecular complexity index is 942. The van der Waals surface area contributed by atoms with Gasteiger partial charge in [-0.2, -0.15) is 0 Å². The maximum absolute atomic E-state index is 12.0. The number of H-pyrrole nitrogens is 1. The molecule has 0 aliphatic carbocycles. The standard InChI is InChI=1S/C19H23Cl2N5O2/c1-22-4-7-26-6-3-15(24-26)11-8-13(20)18(21)19-17(11)12-9-25(16(28)10-27)5-2-14(12)23-19/h3,6,8,15,22-24,27H,2,4-5,7,9-10H2,1H3. The Labute approximate surface area is 173 Å². The van der Waals surface area contributed by atoms with Crippen LogP contribution in [0.2, 0.25) is 10.0 Å². The highest BCUT2D eigenvalue weighted by Crippen LogP contribution is 2.41. The molecule has 0 fully saturated rings. The van der Waals surface area contributed by atoms with E-state index < -0.39 is 6.61 Å². The monoisotopic (exact) mass is 423 g/mol. The van der Waals surface area contributed by atoms with Gasteiger partial charge < -0.3 is 25.3 Å². The van der Waals surface area contributed by atoms with E-state index in [1.54, 1.807) is 4.90 Å². The number of aliphatic hydroxyl groups excluding tert-OH is 1. The second-order valence-corrected chi connectivity index (χ2v) is 7.85. The fraction of sp³-hybridized carbons (Fsp3) is 0.421. The Morgan fingerprint density at radius 1 is 1.43 bits per heavy atom. The molecule has 4 N–H and O–H groups in total. The van der Waals surface area contributed by atoms with Crippen LogP contribution in [0, 0.1) is 0 Å². The lowest BCUT2D eigenvalue weighted by molar-refractivity contribution is -0.135. The molecule has 1 unspecified atom stereocenters. The predicted molar refractivity (Wildman–Crippen MR) is 110 cm³/mol. The summed E-state index contributed by atoms with van der Waals surface area (Å²) in [6.07, 6.45) is 4.80. The average molecular weight is 424 g/mol. The van der Waals surface area contributed by atoms with E-state index in [2.05, 4.69) is 21.8 Å². The minimum Gasteiger partial charge on any atom is -0.387 e. The first-order chi connectivity index (χ1) is 13.5. The quantitative estimate of drug-likeness (QED) is 0.590. The van der Waals surface area contributed by atoms with Crippen molar-refractivity contribution in [2.45, 2.75) is 19.0 Å². The molecule has 1 aromatic heterocycles. The van der Waals surface area contributed by atoms with Gasteiger partial charge in [-0.1, -0.05) is 23.2 Å². The molecule has 0 spiro atoms. The van der Waals surface area contributed by atoms with Crippen LogP contribution >= 0.6 is 23.2 Å². The Balaban J connectivity index is 1.75. The highest BCUT2D eigenvalue weighted by Gasteiger charge is 2.29. The summed E-state index contributed by atoms with van der Waals surface area (Å²) in [5.41, 5.74) is 7.40. The van der Waals surface area contributed by atoms with Crippen molar-refractivity contribution < 1.29 is 9.90 Å². The van der Waals surface area contributed by atoms with E-state index in [4.69, 9.17) is 23.2 Å². The van der Waals surface area contributed by atoms with Crippen LogP contribution in [0.15, 0.2) is 18.3 Å². The molecule has 2 aliphatic heterocycles. The van der Waals surface area contributed by atoms with Gasteiger partial charge in [0.2, 0.25) is 5.91 Å². The van der Waals surface area contributed by atoms with Crippen molar-refractivity contribution in [1.29, 1.82) is 0 Å². The molecule has 0 saturated heterocycles. The van der Waals surface area contributed by atoms with Crippen molar-refractivity contribution >= 4 is 40.0 Å². The molecule has 4 rings (SSSR count). The number of hydrogen-bond acceptors (Lipinski definition) is 5. The van der Waals surface area contributed by atoms with Gasteiger partial charge in [-0.05, 0) is 24.8 Å². The number of carbonyl (C=O) groups is 1. The van der Waals surface area contributed by atoms with Crippen molar-refractivity contribution in [2.24, 2.45) is 0 Å². The SMILES string of the molecule is CNCCN1C=CC(c2cc(Cl)c(Cl)c3[nH]c4c(c23)CN(C(=O)CO)CC4)N1. The normalized spacial score (nSPS) is 18.9. The molecule has 2 aromatic rings. The first-order valence-electron chi connectivity index (χ1n) is 9.29. The second-order valence-electron chi connectivity index (χ2n) is 7.06. The Morgan fingerprint density at radius 2 is 2.25 bits per heavy atom. The minimum atomic E-state index is -0.482. The number of likely N-dealkylation sites (N-methyl/N-ethyl adjacent to an activating group) is 1. The number of hydrazine groups is 1. The lowest BCUT2D eigenvalue weighted by Gasteiger charge is -2.27. The van der Waals surface area contributed by atoms with Gasteiger partial charge in [0.25, 0.3) is 0 Å². The third-order valence-electron chi connectivity index (χ3n) is 5.36. The van der Waals surface area contributed by atoms with Gasteiger partial charge in [-0.15, -0.1) is 0 Å². The number of nitrogens with one attached hydrogen (secondary N) is 3. The summed E-state index contributed by atoms with van der Waals surface area (Å²) >= 11 is 12.9. The van der Waals surface area contributed by atoms with Crippen LogP contribution < -0.4 is 10.7 Å². The number of fused-ring (bicyclic) bond motifs is 3. The fourth-order valence-electron chi connectivity index (χ4n) is 3.93. The number of rotatable bonds is 5. The highest BCUT2D eigenvalue weighted by molar-refractivity contribution is 6.45. The van der Waals surface area contributed by atoms with Crippen molar-refractivity contribution in [3.8, 4) is 0 Å². The summed E-state index contributed by atoms with van der Waals surface area (Å²) in [7, 11) is 1.92. The molecule has 0 bridgehead atoms. The Kier molecular flexibility index (Phi) is 5.53. The van der Waals surface area contributed by atoms with E-state index >= 15 is 0 Å². The number of nitrogens with zero attached hydrogens (tertiary/aromatic N) is 2. The van der Waals surface area contributed by atoms with Crippen LogP contribution in [-0.4, -0.2) is 59.2 Å². The highest BCUT2D eigenvalue weighted by atomic mass is 35.5. The number of hydrogen-bond donors (Lipinski definition) is 4. The molecular weight excluding hydrogens is 401 g/mol. The number of benzene rings is 1. The summed E-state index contributed by atoms with van der Waals surface area (Å²) in [5.74, 6) is -0.265. The predicted octanol–water partition coefficient (Wildman–Crippen LogP) is 1.95. The number of aromatic nitrogens is 1. The summed E-state index contributed by atoms with van der Waals surface area (Å²) < 4.78 is 0. The molecule has 7 nitrogen and oxygen atoms in total. The summed E-state index contributed by atoms with van der Waals surface area (Å²) in [5, 5.41) is 16.4. The molecule has 28 heavy (non-hydrogen) atoms. The minimum absolute atomic E-state index is 0.0436. The van der Waals surface area contributed by atoms with Crippen molar-refractivity contribution in [2.75, 3.05) is 33.3 Å². The zero-order valence-electron chi connectivity index (χ0n) is 15.6. The zero-order chi connectivity index (χ0) is 19.8. The van der Waals surface area contributed by atoms with Gasteiger partial charge in [0.05, 0.1) is 21.6 Å². The molecule has 1 atom stereocenters. The summed E-state index contributed by atoms with van der Waals surface area (Å²) in [6, 6.07) is 1.86. The zero-order valence-corrected chi connectivity index (χ0v) is 17.1. The maximum atomic E-state index is 12.0. The third-order valence-corrected chi connectivity index (χ3v) is 6.15. The lowest BCUT2D eigenvalue weighted by Crippen LogP contribution is -2.37. The smallest absolute Gasteiger partial charge is 0.248 e. The van der Waals surface area contributed by atoms with Crippen molar-refractivity contribution in [1.82, 2.24) is 25.6 Å². The average Bonchev–Trinajstić information content (AvgIpc) is 3.33. The molecule has 1 amide bonds. The van der Waals surface area contributed by atoms with Crippen molar-refractivity contribution in [3.63, 3.8) is 0 Å². The van der Waals surface area contributed by atoms with Crippen LogP contribution in [0.25, 0.3) is 10.9 Å². The van der Waals surface area contributed by atoms with Gasteiger partial charge in [0.1, 0.15) is 6.61 Å². The summed E-state index contributed by atoms with van der Waals surface area (Å²) in [4.78, 5) is 17.1. The number of amides is 1. The number of carbonyl (C=O) groups excluding carboxylic acids is 1. The first-order valence-corrected chi connectivity index (χ1v) is 10.0.